The second kappa shape index (κ2) is 7.47. The topological polar surface area (TPSA) is 87.7 Å². The predicted octanol–water partition coefficient (Wildman–Crippen LogP) is 1.36. The fraction of sp³-hybridized carbons (Fsp3) is 0.857. The molecule has 6 nitrogen and oxygen atoms in total. The third-order valence-corrected chi connectivity index (χ3v) is 4.22. The Morgan fingerprint density at radius 1 is 1.15 bits per heavy atom. The summed E-state index contributed by atoms with van der Waals surface area (Å²) in [6.45, 7) is 2.20. The third-order valence-electron chi connectivity index (χ3n) is 4.22. The summed E-state index contributed by atoms with van der Waals surface area (Å²) in [5.41, 5.74) is 0. The van der Waals surface area contributed by atoms with E-state index in [1.165, 1.54) is 0 Å². The van der Waals surface area contributed by atoms with Crippen LogP contribution in [0.5, 0.6) is 0 Å². The van der Waals surface area contributed by atoms with Gasteiger partial charge in [-0.05, 0) is 44.4 Å². The van der Waals surface area contributed by atoms with Crippen molar-refractivity contribution in [3.63, 3.8) is 0 Å². The number of carboxylic acid groups (broad SMARTS) is 1. The summed E-state index contributed by atoms with van der Waals surface area (Å²) in [4.78, 5) is 22.6. The predicted molar refractivity (Wildman–Crippen MR) is 73.5 cm³/mol. The van der Waals surface area contributed by atoms with Crippen molar-refractivity contribution in [3.05, 3.63) is 0 Å². The summed E-state index contributed by atoms with van der Waals surface area (Å²) in [5, 5.41) is 14.7. The zero-order valence-corrected chi connectivity index (χ0v) is 11.8. The molecule has 1 aliphatic heterocycles. The van der Waals surface area contributed by atoms with Gasteiger partial charge in [-0.3, -0.25) is 4.79 Å². The largest absolute Gasteiger partial charge is 0.481 e. The van der Waals surface area contributed by atoms with E-state index in [0.29, 0.717) is 25.3 Å². The van der Waals surface area contributed by atoms with E-state index in [1.54, 1.807) is 0 Å². The summed E-state index contributed by atoms with van der Waals surface area (Å²) in [7, 11) is 0. The van der Waals surface area contributed by atoms with Gasteiger partial charge in [0.15, 0.2) is 0 Å². The van der Waals surface area contributed by atoms with E-state index in [4.69, 9.17) is 9.84 Å². The summed E-state index contributed by atoms with van der Waals surface area (Å²) in [6, 6.07) is -0.0393. The molecule has 2 fully saturated rings. The first-order valence-electron chi connectivity index (χ1n) is 7.50. The Balaban J connectivity index is 1.61. The maximum Gasteiger partial charge on any atom is 0.315 e. The van der Waals surface area contributed by atoms with Crippen molar-refractivity contribution in [2.75, 3.05) is 19.8 Å². The minimum Gasteiger partial charge on any atom is -0.481 e. The quantitative estimate of drug-likeness (QED) is 0.727. The number of aliphatic carboxylic acids is 1. The van der Waals surface area contributed by atoms with Crippen LogP contribution in [0.3, 0.4) is 0 Å². The molecular weight excluding hydrogens is 260 g/mol. The van der Waals surface area contributed by atoms with Crippen molar-refractivity contribution in [2.24, 2.45) is 11.8 Å². The van der Waals surface area contributed by atoms with Gasteiger partial charge in [-0.25, -0.2) is 4.79 Å². The van der Waals surface area contributed by atoms with Crippen molar-refractivity contribution >= 4 is 12.0 Å². The van der Waals surface area contributed by atoms with Crippen LogP contribution in [0.4, 0.5) is 4.79 Å². The van der Waals surface area contributed by atoms with Crippen LogP contribution in [0.15, 0.2) is 0 Å². The molecule has 1 aliphatic carbocycles. The summed E-state index contributed by atoms with van der Waals surface area (Å²) in [6.07, 6.45) is 4.96. The highest BCUT2D eigenvalue weighted by atomic mass is 16.5. The van der Waals surface area contributed by atoms with E-state index >= 15 is 0 Å². The van der Waals surface area contributed by atoms with E-state index < -0.39 is 5.97 Å². The van der Waals surface area contributed by atoms with Crippen LogP contribution in [0.25, 0.3) is 0 Å². The third kappa shape index (κ3) is 4.67. The van der Waals surface area contributed by atoms with Gasteiger partial charge in [0, 0.05) is 19.2 Å². The van der Waals surface area contributed by atoms with Crippen LogP contribution in [0.1, 0.15) is 38.5 Å². The number of carbonyl (C=O) groups is 2. The molecule has 114 valence electrons. The van der Waals surface area contributed by atoms with Gasteiger partial charge < -0.3 is 20.5 Å². The smallest absolute Gasteiger partial charge is 0.315 e. The van der Waals surface area contributed by atoms with Crippen molar-refractivity contribution in [2.45, 2.75) is 44.6 Å². The maximum absolute atomic E-state index is 11.8. The standard InChI is InChI=1S/C14H24N2O4/c17-13(18)11-3-5-12(6-4-11)16-14(19)15-8-10-2-1-7-20-9-10/h10-12H,1-9H2,(H,17,18)(H2,15,16,19). The van der Waals surface area contributed by atoms with Crippen LogP contribution in [0, 0.1) is 11.8 Å². The molecule has 1 saturated carbocycles. The Hall–Kier alpha value is -1.30. The van der Waals surface area contributed by atoms with E-state index in [1.807, 2.05) is 0 Å². The summed E-state index contributed by atoms with van der Waals surface area (Å²) in [5.74, 6) is -0.544. The highest BCUT2D eigenvalue weighted by Crippen LogP contribution is 2.24. The van der Waals surface area contributed by atoms with Gasteiger partial charge in [-0.15, -0.1) is 0 Å². The van der Waals surface area contributed by atoms with Gasteiger partial charge in [0.1, 0.15) is 0 Å². The molecule has 0 aromatic carbocycles. The van der Waals surface area contributed by atoms with Gasteiger partial charge in [0.05, 0.1) is 12.5 Å². The Labute approximate surface area is 119 Å². The molecule has 2 aliphatic rings. The van der Waals surface area contributed by atoms with E-state index in [2.05, 4.69) is 10.6 Å². The zero-order valence-electron chi connectivity index (χ0n) is 11.8. The lowest BCUT2D eigenvalue weighted by Gasteiger charge is -2.27. The monoisotopic (exact) mass is 284 g/mol. The van der Waals surface area contributed by atoms with Crippen molar-refractivity contribution < 1.29 is 19.4 Å². The second-order valence-electron chi connectivity index (χ2n) is 5.82. The molecule has 1 unspecified atom stereocenters. The minimum absolute atomic E-state index is 0.105. The Kier molecular flexibility index (Phi) is 5.64. The number of carbonyl (C=O) groups excluding carboxylic acids is 1. The number of rotatable bonds is 4. The number of hydrogen-bond donors (Lipinski definition) is 3. The van der Waals surface area contributed by atoms with Gasteiger partial charge >= 0.3 is 12.0 Å². The molecule has 0 spiro atoms. The van der Waals surface area contributed by atoms with E-state index in [-0.39, 0.29) is 18.0 Å². The number of amides is 2. The van der Waals surface area contributed by atoms with Crippen LogP contribution < -0.4 is 10.6 Å². The second-order valence-corrected chi connectivity index (χ2v) is 5.82. The van der Waals surface area contributed by atoms with E-state index in [9.17, 15) is 9.59 Å². The van der Waals surface area contributed by atoms with Crippen LogP contribution in [-0.4, -0.2) is 42.9 Å². The molecule has 20 heavy (non-hydrogen) atoms. The lowest BCUT2D eigenvalue weighted by Crippen LogP contribution is -2.46. The SMILES string of the molecule is O=C(NCC1CCCOC1)NC1CCC(C(=O)O)CC1. The maximum atomic E-state index is 11.8. The van der Waals surface area contributed by atoms with Crippen LogP contribution in [0.2, 0.25) is 0 Å². The minimum atomic E-state index is -0.717. The van der Waals surface area contributed by atoms with Crippen molar-refractivity contribution in [1.82, 2.24) is 10.6 Å². The van der Waals surface area contributed by atoms with Gasteiger partial charge in [0.25, 0.3) is 0 Å². The van der Waals surface area contributed by atoms with E-state index in [0.717, 1.165) is 38.9 Å². The average Bonchev–Trinajstić information content (AvgIpc) is 2.47. The number of ether oxygens (including phenoxy) is 1. The summed E-state index contributed by atoms with van der Waals surface area (Å²) >= 11 is 0. The molecule has 3 N–H and O–H groups in total. The first kappa shape index (κ1) is 15.1. The fourth-order valence-electron chi connectivity index (χ4n) is 2.93. The molecule has 0 radical (unpaired) electrons. The molecule has 2 rings (SSSR count). The average molecular weight is 284 g/mol. The molecule has 1 atom stereocenters. The van der Waals surface area contributed by atoms with Crippen molar-refractivity contribution in [1.29, 1.82) is 0 Å². The first-order valence-corrected chi connectivity index (χ1v) is 7.50. The number of carboxylic acids is 1. The number of hydrogen-bond acceptors (Lipinski definition) is 3. The highest BCUT2D eigenvalue weighted by molar-refractivity contribution is 5.74. The molecule has 2 amide bonds. The lowest BCUT2D eigenvalue weighted by molar-refractivity contribution is -0.142. The Morgan fingerprint density at radius 3 is 2.50 bits per heavy atom. The number of nitrogens with one attached hydrogen (secondary N) is 2. The molecule has 0 aromatic rings. The normalized spacial score (nSPS) is 30.5. The van der Waals surface area contributed by atoms with Gasteiger partial charge in [-0.2, -0.15) is 0 Å². The molecular formula is C14H24N2O4. The molecule has 6 heteroatoms. The fourth-order valence-corrected chi connectivity index (χ4v) is 2.93. The van der Waals surface area contributed by atoms with Crippen molar-refractivity contribution in [3.8, 4) is 0 Å². The van der Waals surface area contributed by atoms with Crippen LogP contribution in [-0.2, 0) is 9.53 Å². The highest BCUT2D eigenvalue weighted by Gasteiger charge is 2.26. The Bertz CT molecular complexity index is 334. The molecule has 1 heterocycles. The first-order chi connectivity index (χ1) is 9.65. The number of urea groups is 1. The molecule has 0 bridgehead atoms. The zero-order chi connectivity index (χ0) is 14.4. The van der Waals surface area contributed by atoms with Gasteiger partial charge in [-0.1, -0.05) is 0 Å². The van der Waals surface area contributed by atoms with Gasteiger partial charge in [0.2, 0.25) is 0 Å². The Morgan fingerprint density at radius 2 is 1.90 bits per heavy atom. The molecule has 0 aromatic heterocycles. The van der Waals surface area contributed by atoms with Crippen LogP contribution >= 0.6 is 0 Å². The lowest BCUT2D eigenvalue weighted by atomic mass is 9.86. The molecule has 1 saturated heterocycles. The summed E-state index contributed by atoms with van der Waals surface area (Å²) < 4.78 is 5.37.